The van der Waals surface area contributed by atoms with Gasteiger partial charge < -0.3 is 15.2 Å². The first kappa shape index (κ1) is 15.9. The van der Waals surface area contributed by atoms with E-state index >= 15 is 0 Å². The highest BCUT2D eigenvalue weighted by atomic mass is 16.5. The molecule has 1 aliphatic rings. The summed E-state index contributed by atoms with van der Waals surface area (Å²) >= 11 is 0. The largest absolute Gasteiger partial charge is 0.394 e. The first-order chi connectivity index (χ1) is 8.70. The highest BCUT2D eigenvalue weighted by Crippen LogP contribution is 2.20. The topological polar surface area (TPSA) is 41.5 Å². The van der Waals surface area contributed by atoms with Gasteiger partial charge in [-0.2, -0.15) is 0 Å². The highest BCUT2D eigenvalue weighted by Gasteiger charge is 2.19. The molecule has 18 heavy (non-hydrogen) atoms. The smallest absolute Gasteiger partial charge is 0.0610 e. The molecule has 1 saturated carbocycles. The van der Waals surface area contributed by atoms with E-state index in [2.05, 4.69) is 12.2 Å². The van der Waals surface area contributed by atoms with Gasteiger partial charge in [0.2, 0.25) is 0 Å². The molecule has 3 heteroatoms. The third-order valence-electron chi connectivity index (χ3n) is 4.23. The van der Waals surface area contributed by atoms with Gasteiger partial charge in [-0.15, -0.1) is 0 Å². The molecule has 0 bridgehead atoms. The summed E-state index contributed by atoms with van der Waals surface area (Å²) in [7, 11) is 1.91. The van der Waals surface area contributed by atoms with E-state index in [1.807, 2.05) is 7.05 Å². The van der Waals surface area contributed by atoms with Crippen LogP contribution in [0.3, 0.4) is 0 Å². The molecule has 0 radical (unpaired) electrons. The lowest BCUT2D eigenvalue weighted by molar-refractivity contribution is 0.0394. The van der Waals surface area contributed by atoms with Gasteiger partial charge in [0.1, 0.15) is 0 Å². The van der Waals surface area contributed by atoms with Crippen LogP contribution in [0, 0.1) is 0 Å². The maximum Gasteiger partial charge on any atom is 0.0610 e. The Morgan fingerprint density at radius 3 is 2.39 bits per heavy atom. The summed E-state index contributed by atoms with van der Waals surface area (Å²) < 4.78 is 5.96. The summed E-state index contributed by atoms with van der Waals surface area (Å²) in [4.78, 5) is 0. The van der Waals surface area contributed by atoms with Crippen LogP contribution in [0.4, 0.5) is 0 Å². The van der Waals surface area contributed by atoms with E-state index in [1.54, 1.807) is 0 Å². The number of likely N-dealkylation sites (N-methyl/N-ethyl adjacent to an activating group) is 1. The Hall–Kier alpha value is -0.120. The molecular formula is C15H31NO2. The summed E-state index contributed by atoms with van der Waals surface area (Å²) in [5.74, 6) is 0. The third kappa shape index (κ3) is 6.17. The molecule has 0 spiro atoms. The quantitative estimate of drug-likeness (QED) is 0.519. The summed E-state index contributed by atoms with van der Waals surface area (Å²) in [6, 6.07) is 0. The van der Waals surface area contributed by atoms with E-state index in [1.165, 1.54) is 38.5 Å². The van der Waals surface area contributed by atoms with Crippen molar-refractivity contribution in [3.8, 4) is 0 Å². The van der Waals surface area contributed by atoms with Crippen LogP contribution in [0.25, 0.3) is 0 Å². The van der Waals surface area contributed by atoms with Gasteiger partial charge >= 0.3 is 0 Å². The molecule has 0 aliphatic heterocycles. The van der Waals surface area contributed by atoms with Gasteiger partial charge in [0, 0.05) is 12.1 Å². The van der Waals surface area contributed by atoms with Gasteiger partial charge in [0.25, 0.3) is 0 Å². The molecule has 1 fully saturated rings. The summed E-state index contributed by atoms with van der Waals surface area (Å²) in [5.41, 5.74) is -0.123. The van der Waals surface area contributed by atoms with E-state index in [0.717, 1.165) is 25.9 Å². The van der Waals surface area contributed by atoms with Crippen molar-refractivity contribution in [3.05, 3.63) is 0 Å². The summed E-state index contributed by atoms with van der Waals surface area (Å²) in [6.45, 7) is 3.15. The van der Waals surface area contributed by atoms with Gasteiger partial charge in [0.05, 0.1) is 12.7 Å². The minimum absolute atomic E-state index is 0.123. The first-order valence-corrected chi connectivity index (χ1v) is 7.61. The van der Waals surface area contributed by atoms with Crippen molar-refractivity contribution in [3.63, 3.8) is 0 Å². The van der Waals surface area contributed by atoms with Crippen LogP contribution in [-0.4, -0.2) is 37.0 Å². The second-order valence-electron chi connectivity index (χ2n) is 5.91. The fraction of sp³-hybridized carbons (Fsp3) is 1.00. The van der Waals surface area contributed by atoms with Crippen LogP contribution in [0.5, 0.6) is 0 Å². The summed E-state index contributed by atoms with van der Waals surface area (Å²) in [6.07, 6.45) is 11.7. The Morgan fingerprint density at radius 2 is 1.83 bits per heavy atom. The minimum atomic E-state index is -0.123. The molecule has 0 aromatic rings. The number of nitrogens with one attached hydrogen (secondary N) is 1. The number of aliphatic hydroxyl groups excluding tert-OH is 1. The molecule has 1 rings (SSSR count). The monoisotopic (exact) mass is 257 g/mol. The Morgan fingerprint density at radius 1 is 1.17 bits per heavy atom. The van der Waals surface area contributed by atoms with Crippen molar-refractivity contribution >= 4 is 0 Å². The normalized spacial score (nSPS) is 21.5. The van der Waals surface area contributed by atoms with Crippen molar-refractivity contribution in [1.29, 1.82) is 0 Å². The predicted octanol–water partition coefficient (Wildman–Crippen LogP) is 2.87. The molecular weight excluding hydrogens is 226 g/mol. The maximum absolute atomic E-state index is 9.28. The minimum Gasteiger partial charge on any atom is -0.394 e. The van der Waals surface area contributed by atoms with E-state index in [4.69, 9.17) is 4.74 Å². The molecule has 0 amide bonds. The maximum atomic E-state index is 9.28. The standard InChI is InChI=1S/C15H31NO2/c1-15(13-17,16-2)11-7-8-12-18-14-9-5-3-4-6-10-14/h14,16-17H,3-13H2,1-2H3. The third-order valence-corrected chi connectivity index (χ3v) is 4.23. The molecule has 0 aromatic heterocycles. The molecule has 1 unspecified atom stereocenters. The van der Waals surface area contributed by atoms with Crippen LogP contribution in [0.1, 0.15) is 64.7 Å². The Bertz CT molecular complexity index is 197. The average Bonchev–Trinajstić information content (AvgIpc) is 2.67. The highest BCUT2D eigenvalue weighted by molar-refractivity contribution is 4.79. The summed E-state index contributed by atoms with van der Waals surface area (Å²) in [5, 5.41) is 12.5. The fourth-order valence-electron chi connectivity index (χ4n) is 2.56. The van der Waals surface area contributed by atoms with E-state index in [0.29, 0.717) is 6.10 Å². The van der Waals surface area contributed by atoms with E-state index in [-0.39, 0.29) is 12.1 Å². The van der Waals surface area contributed by atoms with Crippen molar-refractivity contribution in [2.24, 2.45) is 0 Å². The molecule has 1 aliphatic carbocycles. The molecule has 0 saturated heterocycles. The van der Waals surface area contributed by atoms with Crippen LogP contribution < -0.4 is 5.32 Å². The Labute approximate surface area is 112 Å². The van der Waals surface area contributed by atoms with Crippen LogP contribution in [0.15, 0.2) is 0 Å². The van der Waals surface area contributed by atoms with Crippen LogP contribution >= 0.6 is 0 Å². The lowest BCUT2D eigenvalue weighted by atomic mass is 9.96. The van der Waals surface area contributed by atoms with Crippen molar-refractivity contribution in [2.45, 2.75) is 76.4 Å². The molecule has 3 nitrogen and oxygen atoms in total. The van der Waals surface area contributed by atoms with Gasteiger partial charge in [-0.3, -0.25) is 0 Å². The van der Waals surface area contributed by atoms with Crippen LogP contribution in [-0.2, 0) is 4.74 Å². The van der Waals surface area contributed by atoms with E-state index in [9.17, 15) is 5.11 Å². The zero-order valence-corrected chi connectivity index (χ0v) is 12.2. The lowest BCUT2D eigenvalue weighted by Crippen LogP contribution is -2.43. The van der Waals surface area contributed by atoms with Crippen molar-refractivity contribution in [2.75, 3.05) is 20.3 Å². The number of hydrogen-bond acceptors (Lipinski definition) is 3. The van der Waals surface area contributed by atoms with Crippen molar-refractivity contribution in [1.82, 2.24) is 5.32 Å². The molecule has 108 valence electrons. The van der Waals surface area contributed by atoms with Gasteiger partial charge in [-0.05, 0) is 46.1 Å². The van der Waals surface area contributed by atoms with Crippen molar-refractivity contribution < 1.29 is 9.84 Å². The van der Waals surface area contributed by atoms with Gasteiger partial charge in [-0.1, -0.05) is 25.7 Å². The lowest BCUT2D eigenvalue weighted by Gasteiger charge is -2.26. The predicted molar refractivity (Wildman–Crippen MR) is 75.8 cm³/mol. The Balaban J connectivity index is 2.04. The van der Waals surface area contributed by atoms with Crippen LogP contribution in [0.2, 0.25) is 0 Å². The second-order valence-corrected chi connectivity index (χ2v) is 5.91. The molecule has 0 aromatic carbocycles. The number of rotatable bonds is 8. The fourth-order valence-corrected chi connectivity index (χ4v) is 2.56. The first-order valence-electron chi connectivity index (χ1n) is 7.61. The molecule has 2 N–H and O–H groups in total. The number of aliphatic hydroxyl groups is 1. The zero-order valence-electron chi connectivity index (χ0n) is 12.2. The Kier molecular flexibility index (Phi) is 7.87. The SMILES string of the molecule is CNC(C)(CO)CCCCOC1CCCCCC1. The van der Waals surface area contributed by atoms with Gasteiger partial charge in [0.15, 0.2) is 0 Å². The molecule has 0 heterocycles. The number of hydrogen-bond donors (Lipinski definition) is 2. The van der Waals surface area contributed by atoms with Gasteiger partial charge in [-0.25, -0.2) is 0 Å². The number of unbranched alkanes of at least 4 members (excludes halogenated alkanes) is 1. The second kappa shape index (κ2) is 8.89. The number of ether oxygens (including phenoxy) is 1. The zero-order chi connectivity index (χ0) is 13.3. The molecule has 1 atom stereocenters. The average molecular weight is 257 g/mol. The van der Waals surface area contributed by atoms with E-state index < -0.39 is 0 Å².